The minimum absolute atomic E-state index is 0.0121. The third-order valence-corrected chi connectivity index (χ3v) is 4.21. The van der Waals surface area contributed by atoms with Gasteiger partial charge in [0, 0.05) is 4.47 Å². The Hall–Kier alpha value is -1.73. The summed E-state index contributed by atoms with van der Waals surface area (Å²) in [5.74, 6) is -6.10. The van der Waals surface area contributed by atoms with Gasteiger partial charge in [0.15, 0.2) is 0 Å². The molecule has 0 unspecified atom stereocenters. The third kappa shape index (κ3) is 6.43. The molecular formula is C17H19BrF5N3O. The van der Waals surface area contributed by atoms with E-state index in [9.17, 15) is 26.7 Å². The van der Waals surface area contributed by atoms with E-state index in [1.165, 1.54) is 12.1 Å². The van der Waals surface area contributed by atoms with E-state index in [-0.39, 0.29) is 24.4 Å². The summed E-state index contributed by atoms with van der Waals surface area (Å²) in [5, 5.41) is 12.9. The van der Waals surface area contributed by atoms with Crippen LogP contribution in [-0.2, 0) is 4.79 Å². The Morgan fingerprint density at radius 3 is 2.19 bits per heavy atom. The highest BCUT2D eigenvalue weighted by Gasteiger charge is 2.63. The first-order valence-electron chi connectivity index (χ1n) is 8.00. The SMILES string of the molecule is CC(C)C[C@H](N[C@@H](c1ccc(Br)cc1)C(F)(F)C(F)(F)F)C(=O)NCC#N. The van der Waals surface area contributed by atoms with Gasteiger partial charge in [-0.3, -0.25) is 10.1 Å². The molecule has 2 atom stereocenters. The van der Waals surface area contributed by atoms with Crippen molar-refractivity contribution in [2.24, 2.45) is 5.92 Å². The second-order valence-corrected chi connectivity index (χ2v) is 7.25. The Balaban J connectivity index is 3.29. The van der Waals surface area contributed by atoms with Gasteiger partial charge in [-0.25, -0.2) is 0 Å². The molecule has 4 nitrogen and oxygen atoms in total. The van der Waals surface area contributed by atoms with Gasteiger partial charge in [-0.05, 0) is 30.0 Å². The number of nitriles is 1. The first-order chi connectivity index (χ1) is 12.4. The number of carbonyl (C=O) groups is 1. The summed E-state index contributed by atoms with van der Waals surface area (Å²) in [7, 11) is 0. The van der Waals surface area contributed by atoms with Gasteiger partial charge < -0.3 is 5.32 Å². The van der Waals surface area contributed by atoms with Crippen LogP contribution < -0.4 is 10.6 Å². The first kappa shape index (κ1) is 23.3. The largest absolute Gasteiger partial charge is 0.455 e. The Morgan fingerprint density at radius 1 is 1.19 bits per heavy atom. The molecular weight excluding hydrogens is 437 g/mol. The molecule has 0 spiro atoms. The number of nitrogens with zero attached hydrogens (tertiary/aromatic N) is 1. The highest BCUT2D eigenvalue weighted by Crippen LogP contribution is 2.45. The van der Waals surface area contributed by atoms with Crippen LogP contribution in [0, 0.1) is 17.2 Å². The molecule has 0 aliphatic rings. The zero-order valence-electron chi connectivity index (χ0n) is 14.6. The molecule has 0 saturated carbocycles. The van der Waals surface area contributed by atoms with Gasteiger partial charge >= 0.3 is 12.1 Å². The molecule has 0 saturated heterocycles. The van der Waals surface area contributed by atoms with Crippen LogP contribution in [0.25, 0.3) is 0 Å². The molecule has 10 heteroatoms. The fourth-order valence-electron chi connectivity index (χ4n) is 2.40. The lowest BCUT2D eigenvalue weighted by molar-refractivity contribution is -0.295. The Bertz CT molecular complexity index is 671. The van der Waals surface area contributed by atoms with Crippen LogP contribution in [0.1, 0.15) is 31.9 Å². The summed E-state index contributed by atoms with van der Waals surface area (Å²) < 4.78 is 68.0. The van der Waals surface area contributed by atoms with Crippen LogP contribution in [0.15, 0.2) is 28.7 Å². The van der Waals surface area contributed by atoms with Crippen LogP contribution in [0.4, 0.5) is 22.0 Å². The van der Waals surface area contributed by atoms with E-state index in [1.807, 2.05) is 0 Å². The van der Waals surface area contributed by atoms with Crippen molar-refractivity contribution in [3.63, 3.8) is 0 Å². The van der Waals surface area contributed by atoms with Gasteiger partial charge in [0.05, 0.1) is 12.1 Å². The molecule has 150 valence electrons. The van der Waals surface area contributed by atoms with E-state index in [0.29, 0.717) is 4.47 Å². The normalized spacial score (nSPS) is 14.5. The van der Waals surface area contributed by atoms with Crippen LogP contribution in [0.2, 0.25) is 0 Å². The topological polar surface area (TPSA) is 64.9 Å². The van der Waals surface area contributed by atoms with Gasteiger partial charge in [-0.2, -0.15) is 27.2 Å². The van der Waals surface area contributed by atoms with Gasteiger partial charge in [0.2, 0.25) is 5.91 Å². The number of hydrogen-bond donors (Lipinski definition) is 2. The fraction of sp³-hybridized carbons (Fsp3) is 0.529. The maximum Gasteiger partial charge on any atom is 0.455 e. The Kier molecular flexibility index (Phi) is 8.17. The number of hydrogen-bond acceptors (Lipinski definition) is 3. The standard InChI is InChI=1S/C17H19BrF5N3O/c1-10(2)9-13(15(27)25-8-7-24)26-14(16(19,20)17(21,22)23)11-3-5-12(18)6-4-11/h3-6,10,13-14,26H,8-9H2,1-2H3,(H,25,27)/t13-,14-/m0/s1. The monoisotopic (exact) mass is 455 g/mol. The van der Waals surface area contributed by atoms with E-state index in [1.54, 1.807) is 19.9 Å². The van der Waals surface area contributed by atoms with Crippen molar-refractivity contribution in [1.82, 2.24) is 10.6 Å². The molecule has 0 aliphatic carbocycles. The maximum absolute atomic E-state index is 14.2. The summed E-state index contributed by atoms with van der Waals surface area (Å²) in [6, 6.07) is 2.78. The average Bonchev–Trinajstić information content (AvgIpc) is 2.55. The van der Waals surface area contributed by atoms with E-state index in [4.69, 9.17) is 5.26 Å². The number of alkyl halides is 5. The molecule has 1 amide bonds. The predicted octanol–water partition coefficient (Wildman–Crippen LogP) is 4.33. The molecule has 2 N–H and O–H groups in total. The Morgan fingerprint density at radius 2 is 1.74 bits per heavy atom. The van der Waals surface area contributed by atoms with Crippen molar-refractivity contribution in [3.05, 3.63) is 34.3 Å². The lowest BCUT2D eigenvalue weighted by Gasteiger charge is -2.33. The van der Waals surface area contributed by atoms with Crippen molar-refractivity contribution in [1.29, 1.82) is 5.26 Å². The quantitative estimate of drug-likeness (QED) is 0.452. The van der Waals surface area contributed by atoms with Crippen molar-refractivity contribution in [2.75, 3.05) is 6.54 Å². The second kappa shape index (κ2) is 9.46. The second-order valence-electron chi connectivity index (χ2n) is 6.33. The van der Waals surface area contributed by atoms with Crippen LogP contribution >= 0.6 is 15.9 Å². The zero-order valence-corrected chi connectivity index (χ0v) is 16.2. The van der Waals surface area contributed by atoms with Crippen molar-refractivity contribution in [3.8, 4) is 6.07 Å². The summed E-state index contributed by atoms with van der Waals surface area (Å²) in [6.07, 6.45) is -5.80. The molecule has 0 radical (unpaired) electrons. The average molecular weight is 456 g/mol. The molecule has 0 bridgehead atoms. The van der Waals surface area contributed by atoms with Crippen LogP contribution in [-0.4, -0.2) is 30.6 Å². The summed E-state index contributed by atoms with van der Waals surface area (Å²) in [6.45, 7) is 3.01. The number of halogens is 6. The maximum atomic E-state index is 14.2. The minimum Gasteiger partial charge on any atom is -0.342 e. The predicted molar refractivity (Wildman–Crippen MR) is 92.9 cm³/mol. The summed E-state index contributed by atoms with van der Waals surface area (Å²) >= 11 is 3.09. The van der Waals surface area contributed by atoms with Gasteiger partial charge in [-0.1, -0.05) is 41.9 Å². The van der Waals surface area contributed by atoms with E-state index in [0.717, 1.165) is 12.1 Å². The van der Waals surface area contributed by atoms with Crippen molar-refractivity contribution in [2.45, 2.75) is 44.5 Å². The van der Waals surface area contributed by atoms with E-state index >= 15 is 0 Å². The van der Waals surface area contributed by atoms with Crippen molar-refractivity contribution >= 4 is 21.8 Å². The van der Waals surface area contributed by atoms with E-state index < -0.39 is 30.1 Å². The first-order valence-corrected chi connectivity index (χ1v) is 8.80. The molecule has 27 heavy (non-hydrogen) atoms. The van der Waals surface area contributed by atoms with Gasteiger partial charge in [0.1, 0.15) is 12.6 Å². The number of benzene rings is 1. The number of amides is 1. The number of rotatable bonds is 8. The zero-order chi connectivity index (χ0) is 20.8. The van der Waals surface area contributed by atoms with Gasteiger partial charge in [-0.15, -0.1) is 0 Å². The number of nitrogens with one attached hydrogen (secondary N) is 2. The highest BCUT2D eigenvalue weighted by atomic mass is 79.9. The minimum atomic E-state index is -5.82. The lowest BCUT2D eigenvalue weighted by Crippen LogP contribution is -2.54. The third-order valence-electron chi connectivity index (χ3n) is 3.68. The van der Waals surface area contributed by atoms with Crippen molar-refractivity contribution < 1.29 is 26.7 Å². The molecule has 0 aliphatic heterocycles. The summed E-state index contributed by atoms with van der Waals surface area (Å²) in [5.41, 5.74) is -0.317. The highest BCUT2D eigenvalue weighted by molar-refractivity contribution is 9.10. The van der Waals surface area contributed by atoms with Gasteiger partial charge in [0.25, 0.3) is 0 Å². The van der Waals surface area contributed by atoms with Crippen LogP contribution in [0.5, 0.6) is 0 Å². The molecule has 0 aromatic heterocycles. The Labute approximate surface area is 162 Å². The molecule has 1 aromatic carbocycles. The fourth-order valence-corrected chi connectivity index (χ4v) is 2.67. The van der Waals surface area contributed by atoms with Crippen LogP contribution in [0.3, 0.4) is 0 Å². The van der Waals surface area contributed by atoms with E-state index in [2.05, 4.69) is 26.6 Å². The molecule has 1 rings (SSSR count). The molecule has 0 fully saturated rings. The summed E-state index contributed by atoms with van der Waals surface area (Å²) in [4.78, 5) is 12.2. The smallest absolute Gasteiger partial charge is 0.342 e. The molecule has 0 heterocycles. The lowest BCUT2D eigenvalue weighted by atomic mass is 9.96. The molecule has 1 aromatic rings. The number of carbonyl (C=O) groups excluding carboxylic acids is 1.